The van der Waals surface area contributed by atoms with E-state index in [4.69, 9.17) is 0 Å². The standard InChI is InChI=1S/C19H29N5O2/c1-2-20-19(21-13-15-6-5-9-18(12-15)24(25)26)22-16-10-11-23(14-16)17-7-3-4-8-17/h5-6,9,12,16-17H,2-4,7-8,10-11,13-14H2,1H3,(H2,20,21,22). The summed E-state index contributed by atoms with van der Waals surface area (Å²) in [6.45, 7) is 5.50. The summed E-state index contributed by atoms with van der Waals surface area (Å²) in [5.41, 5.74) is 0.953. The molecule has 7 heteroatoms. The van der Waals surface area contributed by atoms with E-state index in [2.05, 4.69) is 20.5 Å². The zero-order chi connectivity index (χ0) is 18.4. The quantitative estimate of drug-likeness (QED) is 0.353. The van der Waals surface area contributed by atoms with Gasteiger partial charge in [0.05, 0.1) is 11.5 Å². The number of nitrogens with one attached hydrogen (secondary N) is 2. The van der Waals surface area contributed by atoms with Gasteiger partial charge in [-0.3, -0.25) is 15.0 Å². The lowest BCUT2D eigenvalue weighted by Gasteiger charge is -2.24. The van der Waals surface area contributed by atoms with Crippen LogP contribution in [0.2, 0.25) is 0 Å². The fourth-order valence-corrected chi connectivity index (χ4v) is 3.96. The summed E-state index contributed by atoms with van der Waals surface area (Å²) in [4.78, 5) is 17.8. The largest absolute Gasteiger partial charge is 0.357 e. The number of likely N-dealkylation sites (tertiary alicyclic amines) is 1. The number of hydrogen-bond acceptors (Lipinski definition) is 4. The van der Waals surface area contributed by atoms with Crippen molar-refractivity contribution in [2.24, 2.45) is 4.99 Å². The average molecular weight is 359 g/mol. The van der Waals surface area contributed by atoms with Gasteiger partial charge in [0, 0.05) is 43.9 Å². The van der Waals surface area contributed by atoms with Gasteiger partial charge in [0.2, 0.25) is 0 Å². The fourth-order valence-electron chi connectivity index (χ4n) is 3.96. The van der Waals surface area contributed by atoms with Crippen molar-refractivity contribution in [3.63, 3.8) is 0 Å². The highest BCUT2D eigenvalue weighted by molar-refractivity contribution is 5.80. The molecular formula is C19H29N5O2. The molecule has 1 aromatic carbocycles. The molecule has 7 nitrogen and oxygen atoms in total. The molecule has 2 fully saturated rings. The highest BCUT2D eigenvalue weighted by atomic mass is 16.6. The van der Waals surface area contributed by atoms with Crippen LogP contribution in [-0.4, -0.2) is 47.5 Å². The van der Waals surface area contributed by atoms with Gasteiger partial charge in [-0.2, -0.15) is 0 Å². The fraction of sp³-hybridized carbons (Fsp3) is 0.632. The number of hydrogen-bond donors (Lipinski definition) is 2. The molecule has 1 aliphatic carbocycles. The van der Waals surface area contributed by atoms with E-state index < -0.39 is 0 Å². The maximum absolute atomic E-state index is 10.9. The third kappa shape index (κ3) is 4.94. The molecule has 0 bridgehead atoms. The van der Waals surface area contributed by atoms with E-state index in [0.29, 0.717) is 12.6 Å². The molecule has 1 aliphatic heterocycles. The highest BCUT2D eigenvalue weighted by Crippen LogP contribution is 2.26. The maximum atomic E-state index is 10.9. The molecule has 1 atom stereocenters. The van der Waals surface area contributed by atoms with Crippen LogP contribution in [0.5, 0.6) is 0 Å². The second-order valence-corrected chi connectivity index (χ2v) is 7.19. The molecule has 26 heavy (non-hydrogen) atoms. The van der Waals surface area contributed by atoms with E-state index in [1.54, 1.807) is 12.1 Å². The van der Waals surface area contributed by atoms with Crippen LogP contribution in [0.25, 0.3) is 0 Å². The first-order valence-electron chi connectivity index (χ1n) is 9.68. The lowest BCUT2D eigenvalue weighted by molar-refractivity contribution is -0.384. The molecule has 1 saturated carbocycles. The predicted molar refractivity (Wildman–Crippen MR) is 103 cm³/mol. The van der Waals surface area contributed by atoms with Crippen molar-refractivity contribution >= 4 is 11.6 Å². The minimum atomic E-state index is -0.368. The van der Waals surface area contributed by atoms with Gasteiger partial charge in [-0.15, -0.1) is 0 Å². The zero-order valence-electron chi connectivity index (χ0n) is 15.5. The summed E-state index contributed by atoms with van der Waals surface area (Å²) in [5, 5.41) is 17.7. The van der Waals surface area contributed by atoms with Crippen molar-refractivity contribution in [1.82, 2.24) is 15.5 Å². The Balaban J connectivity index is 1.57. The van der Waals surface area contributed by atoms with Crippen LogP contribution in [0.1, 0.15) is 44.6 Å². The van der Waals surface area contributed by atoms with Crippen molar-refractivity contribution in [3.05, 3.63) is 39.9 Å². The topological polar surface area (TPSA) is 82.8 Å². The molecule has 0 aromatic heterocycles. The Labute approximate surface area is 155 Å². The smallest absolute Gasteiger partial charge is 0.269 e. The van der Waals surface area contributed by atoms with E-state index in [-0.39, 0.29) is 10.6 Å². The summed E-state index contributed by atoms with van der Waals surface area (Å²) in [6.07, 6.45) is 6.55. The number of aliphatic imine (C=N–C) groups is 1. The minimum absolute atomic E-state index is 0.110. The van der Waals surface area contributed by atoms with Crippen molar-refractivity contribution in [2.75, 3.05) is 19.6 Å². The lowest BCUT2D eigenvalue weighted by atomic mass is 10.2. The van der Waals surface area contributed by atoms with Crippen molar-refractivity contribution in [2.45, 2.75) is 57.7 Å². The van der Waals surface area contributed by atoms with Gasteiger partial charge in [-0.05, 0) is 31.7 Å². The van der Waals surface area contributed by atoms with Gasteiger partial charge in [-0.25, -0.2) is 4.99 Å². The van der Waals surface area contributed by atoms with Crippen LogP contribution in [-0.2, 0) is 6.54 Å². The van der Waals surface area contributed by atoms with E-state index in [9.17, 15) is 10.1 Å². The molecule has 2 N–H and O–H groups in total. The SMILES string of the molecule is CCNC(=NCc1cccc([N+](=O)[O-])c1)NC1CCN(C2CCCC2)C1. The number of non-ortho nitro benzene ring substituents is 1. The molecule has 1 aromatic rings. The van der Waals surface area contributed by atoms with Crippen molar-refractivity contribution in [1.29, 1.82) is 0 Å². The molecule has 0 radical (unpaired) electrons. The Hall–Kier alpha value is -2.15. The Morgan fingerprint density at radius 1 is 1.35 bits per heavy atom. The molecule has 2 aliphatic rings. The number of guanidine groups is 1. The Kier molecular flexibility index (Phi) is 6.44. The number of nitro benzene ring substituents is 1. The summed E-state index contributed by atoms with van der Waals surface area (Å²) in [7, 11) is 0. The van der Waals surface area contributed by atoms with Crippen molar-refractivity contribution in [3.8, 4) is 0 Å². The molecule has 1 saturated heterocycles. The second kappa shape index (κ2) is 8.98. The molecule has 1 heterocycles. The Bertz CT molecular complexity index is 643. The monoisotopic (exact) mass is 359 g/mol. The maximum Gasteiger partial charge on any atom is 0.269 e. The van der Waals surface area contributed by atoms with E-state index in [1.165, 1.54) is 31.7 Å². The van der Waals surface area contributed by atoms with E-state index in [0.717, 1.165) is 43.6 Å². The molecule has 1 unspecified atom stereocenters. The first kappa shape index (κ1) is 18.6. The first-order valence-corrected chi connectivity index (χ1v) is 9.68. The lowest BCUT2D eigenvalue weighted by Crippen LogP contribution is -2.45. The Morgan fingerprint density at radius 2 is 2.15 bits per heavy atom. The number of nitrogens with zero attached hydrogens (tertiary/aromatic N) is 3. The van der Waals surface area contributed by atoms with Crippen LogP contribution in [0, 0.1) is 10.1 Å². The van der Waals surface area contributed by atoms with E-state index >= 15 is 0 Å². The minimum Gasteiger partial charge on any atom is -0.357 e. The molecule has 3 rings (SSSR count). The third-order valence-corrected chi connectivity index (χ3v) is 5.29. The van der Waals surface area contributed by atoms with Crippen LogP contribution in [0.3, 0.4) is 0 Å². The number of nitro groups is 1. The van der Waals surface area contributed by atoms with Gasteiger partial charge >= 0.3 is 0 Å². The molecule has 142 valence electrons. The highest BCUT2D eigenvalue weighted by Gasteiger charge is 2.30. The van der Waals surface area contributed by atoms with Crippen LogP contribution in [0.15, 0.2) is 29.3 Å². The van der Waals surface area contributed by atoms with Gasteiger partial charge in [0.25, 0.3) is 5.69 Å². The number of rotatable bonds is 6. The van der Waals surface area contributed by atoms with Crippen LogP contribution >= 0.6 is 0 Å². The summed E-state index contributed by atoms with van der Waals surface area (Å²) < 4.78 is 0. The summed E-state index contributed by atoms with van der Waals surface area (Å²) in [5.74, 6) is 0.789. The predicted octanol–water partition coefficient (Wildman–Crippen LogP) is 2.67. The molecule has 0 amide bonds. The van der Waals surface area contributed by atoms with E-state index in [1.807, 2.05) is 13.0 Å². The van der Waals surface area contributed by atoms with Crippen LogP contribution in [0.4, 0.5) is 5.69 Å². The molecular weight excluding hydrogens is 330 g/mol. The van der Waals surface area contributed by atoms with Crippen molar-refractivity contribution < 1.29 is 4.92 Å². The average Bonchev–Trinajstić information content (AvgIpc) is 3.31. The van der Waals surface area contributed by atoms with Crippen LogP contribution < -0.4 is 10.6 Å². The summed E-state index contributed by atoms with van der Waals surface area (Å²) in [6, 6.07) is 7.86. The molecule has 0 spiro atoms. The van der Waals surface area contributed by atoms with Gasteiger partial charge in [0.15, 0.2) is 5.96 Å². The third-order valence-electron chi connectivity index (χ3n) is 5.29. The normalized spacial score (nSPS) is 21.9. The second-order valence-electron chi connectivity index (χ2n) is 7.19. The Morgan fingerprint density at radius 3 is 2.88 bits per heavy atom. The van der Waals surface area contributed by atoms with Gasteiger partial charge in [0.1, 0.15) is 0 Å². The van der Waals surface area contributed by atoms with Gasteiger partial charge < -0.3 is 10.6 Å². The first-order chi connectivity index (χ1) is 12.7. The summed E-state index contributed by atoms with van der Waals surface area (Å²) >= 11 is 0. The van der Waals surface area contributed by atoms with Gasteiger partial charge in [-0.1, -0.05) is 25.0 Å². The zero-order valence-corrected chi connectivity index (χ0v) is 15.5. The number of benzene rings is 1.